The van der Waals surface area contributed by atoms with Gasteiger partial charge in [-0.05, 0) is 43.2 Å². The summed E-state index contributed by atoms with van der Waals surface area (Å²) in [6.45, 7) is 2.15. The molecular formula is C15H21NO2. The Hall–Kier alpha value is -1.35. The monoisotopic (exact) mass is 247 g/mol. The van der Waals surface area contributed by atoms with Crippen molar-refractivity contribution in [1.82, 2.24) is 5.32 Å². The van der Waals surface area contributed by atoms with Crippen molar-refractivity contribution in [3.05, 3.63) is 35.4 Å². The smallest absolute Gasteiger partial charge is 0.320 e. The summed E-state index contributed by atoms with van der Waals surface area (Å²) < 4.78 is 0. The molecule has 2 unspecified atom stereocenters. The number of aryl methyl sites for hydroxylation is 1. The lowest BCUT2D eigenvalue weighted by molar-refractivity contribution is -0.140. The van der Waals surface area contributed by atoms with Crippen LogP contribution in [0.1, 0.15) is 37.3 Å². The molecule has 0 radical (unpaired) electrons. The molecule has 0 bridgehead atoms. The average Bonchev–Trinajstić information content (AvgIpc) is 2.40. The van der Waals surface area contributed by atoms with Gasteiger partial charge in [-0.25, -0.2) is 0 Å². The first-order chi connectivity index (χ1) is 8.69. The molecule has 1 saturated heterocycles. The first-order valence-electron chi connectivity index (χ1n) is 6.75. The van der Waals surface area contributed by atoms with Crippen LogP contribution in [0.4, 0.5) is 0 Å². The first kappa shape index (κ1) is 13.1. The first-order valence-corrected chi connectivity index (χ1v) is 6.75. The Morgan fingerprint density at radius 1 is 1.28 bits per heavy atom. The number of piperidine rings is 1. The van der Waals surface area contributed by atoms with Crippen LogP contribution in [0.15, 0.2) is 24.3 Å². The van der Waals surface area contributed by atoms with Crippen molar-refractivity contribution >= 4 is 5.97 Å². The van der Waals surface area contributed by atoms with E-state index in [9.17, 15) is 4.79 Å². The van der Waals surface area contributed by atoms with E-state index in [4.69, 9.17) is 5.11 Å². The molecule has 3 heteroatoms. The van der Waals surface area contributed by atoms with E-state index < -0.39 is 5.97 Å². The minimum Gasteiger partial charge on any atom is -0.480 e. The summed E-state index contributed by atoms with van der Waals surface area (Å²) in [6.07, 6.45) is 4.80. The third-order valence-electron chi connectivity index (χ3n) is 3.69. The van der Waals surface area contributed by atoms with Crippen molar-refractivity contribution in [3.8, 4) is 0 Å². The van der Waals surface area contributed by atoms with Crippen LogP contribution in [0.3, 0.4) is 0 Å². The molecule has 2 rings (SSSR count). The molecule has 1 aliphatic heterocycles. The summed E-state index contributed by atoms with van der Waals surface area (Å²) in [5.74, 6) is -0.721. The SMILES string of the molecule is CCc1ccc(CC2CCCC(C(=O)O)N2)cc1. The Morgan fingerprint density at radius 3 is 2.56 bits per heavy atom. The predicted molar refractivity (Wildman–Crippen MR) is 71.7 cm³/mol. The molecule has 1 fully saturated rings. The van der Waals surface area contributed by atoms with E-state index in [1.165, 1.54) is 11.1 Å². The van der Waals surface area contributed by atoms with E-state index in [0.29, 0.717) is 6.04 Å². The molecular weight excluding hydrogens is 226 g/mol. The second-order valence-corrected chi connectivity index (χ2v) is 5.06. The summed E-state index contributed by atoms with van der Waals surface area (Å²) in [7, 11) is 0. The fraction of sp³-hybridized carbons (Fsp3) is 0.533. The van der Waals surface area contributed by atoms with E-state index in [1.807, 2.05) is 0 Å². The Bertz CT molecular complexity index is 399. The average molecular weight is 247 g/mol. The highest BCUT2D eigenvalue weighted by Gasteiger charge is 2.25. The van der Waals surface area contributed by atoms with Gasteiger partial charge >= 0.3 is 5.97 Å². The van der Waals surface area contributed by atoms with Crippen LogP contribution in [0.25, 0.3) is 0 Å². The number of rotatable bonds is 4. The van der Waals surface area contributed by atoms with Crippen LogP contribution in [-0.4, -0.2) is 23.2 Å². The van der Waals surface area contributed by atoms with Crippen LogP contribution in [0, 0.1) is 0 Å². The molecule has 2 atom stereocenters. The minimum atomic E-state index is -0.721. The van der Waals surface area contributed by atoms with E-state index in [1.54, 1.807) is 0 Å². The number of hydrogen-bond donors (Lipinski definition) is 2. The van der Waals surface area contributed by atoms with Crippen molar-refractivity contribution in [2.45, 2.75) is 51.1 Å². The van der Waals surface area contributed by atoms with Crippen molar-refractivity contribution in [3.63, 3.8) is 0 Å². The maximum Gasteiger partial charge on any atom is 0.320 e. The molecule has 0 aliphatic carbocycles. The molecule has 2 N–H and O–H groups in total. The standard InChI is InChI=1S/C15H21NO2/c1-2-11-6-8-12(9-7-11)10-13-4-3-5-14(16-13)15(17)18/h6-9,13-14,16H,2-5,10H2,1H3,(H,17,18). The second kappa shape index (κ2) is 6.01. The van der Waals surface area contributed by atoms with Crippen LogP contribution >= 0.6 is 0 Å². The predicted octanol–water partition coefficient (Wildman–Crippen LogP) is 2.39. The second-order valence-electron chi connectivity index (χ2n) is 5.06. The third kappa shape index (κ3) is 3.33. The summed E-state index contributed by atoms with van der Waals surface area (Å²) in [4.78, 5) is 11.0. The third-order valence-corrected chi connectivity index (χ3v) is 3.69. The Labute approximate surface area is 108 Å². The molecule has 0 spiro atoms. The maximum atomic E-state index is 11.0. The number of hydrogen-bond acceptors (Lipinski definition) is 2. The number of carboxylic acid groups (broad SMARTS) is 1. The van der Waals surface area contributed by atoms with Crippen LogP contribution < -0.4 is 5.32 Å². The summed E-state index contributed by atoms with van der Waals surface area (Å²) in [5.41, 5.74) is 2.63. The highest BCUT2D eigenvalue weighted by Crippen LogP contribution is 2.17. The van der Waals surface area contributed by atoms with Crippen LogP contribution in [0.2, 0.25) is 0 Å². The lowest BCUT2D eigenvalue weighted by Crippen LogP contribution is -2.47. The molecule has 18 heavy (non-hydrogen) atoms. The van der Waals surface area contributed by atoms with E-state index in [2.05, 4.69) is 36.5 Å². The Kier molecular flexibility index (Phi) is 4.37. The van der Waals surface area contributed by atoms with Gasteiger partial charge in [-0.1, -0.05) is 31.2 Å². The molecule has 98 valence electrons. The van der Waals surface area contributed by atoms with Gasteiger partial charge in [0.25, 0.3) is 0 Å². The zero-order valence-electron chi connectivity index (χ0n) is 10.9. The molecule has 1 aliphatic rings. The topological polar surface area (TPSA) is 49.3 Å². The zero-order chi connectivity index (χ0) is 13.0. The molecule has 1 aromatic carbocycles. The van der Waals surface area contributed by atoms with Gasteiger partial charge in [0, 0.05) is 6.04 Å². The maximum absolute atomic E-state index is 11.0. The van der Waals surface area contributed by atoms with Crippen molar-refractivity contribution in [1.29, 1.82) is 0 Å². The van der Waals surface area contributed by atoms with Gasteiger partial charge in [0.15, 0.2) is 0 Å². The van der Waals surface area contributed by atoms with E-state index in [0.717, 1.165) is 32.1 Å². The summed E-state index contributed by atoms with van der Waals surface area (Å²) in [6, 6.07) is 8.57. The van der Waals surface area contributed by atoms with Crippen LogP contribution in [-0.2, 0) is 17.6 Å². The Balaban J connectivity index is 1.93. The van der Waals surface area contributed by atoms with E-state index in [-0.39, 0.29) is 6.04 Å². The quantitative estimate of drug-likeness (QED) is 0.859. The largest absolute Gasteiger partial charge is 0.480 e. The van der Waals surface area contributed by atoms with Crippen molar-refractivity contribution < 1.29 is 9.90 Å². The number of carboxylic acids is 1. The fourth-order valence-electron chi connectivity index (χ4n) is 2.57. The molecule has 3 nitrogen and oxygen atoms in total. The molecule has 0 amide bonds. The van der Waals surface area contributed by atoms with E-state index >= 15 is 0 Å². The molecule has 1 heterocycles. The van der Waals surface area contributed by atoms with Crippen molar-refractivity contribution in [2.24, 2.45) is 0 Å². The van der Waals surface area contributed by atoms with Gasteiger partial charge < -0.3 is 10.4 Å². The zero-order valence-corrected chi connectivity index (χ0v) is 10.9. The number of benzene rings is 1. The number of nitrogens with one attached hydrogen (secondary N) is 1. The van der Waals surface area contributed by atoms with Gasteiger partial charge in [0.1, 0.15) is 6.04 Å². The van der Waals surface area contributed by atoms with Gasteiger partial charge in [-0.15, -0.1) is 0 Å². The number of aliphatic carboxylic acids is 1. The van der Waals surface area contributed by atoms with Gasteiger partial charge in [0.05, 0.1) is 0 Å². The lowest BCUT2D eigenvalue weighted by Gasteiger charge is -2.28. The van der Waals surface area contributed by atoms with Gasteiger partial charge in [-0.3, -0.25) is 4.79 Å². The minimum absolute atomic E-state index is 0.298. The normalized spacial score (nSPS) is 23.8. The van der Waals surface area contributed by atoms with Crippen molar-refractivity contribution in [2.75, 3.05) is 0 Å². The summed E-state index contributed by atoms with van der Waals surface area (Å²) in [5, 5.41) is 12.3. The highest BCUT2D eigenvalue weighted by atomic mass is 16.4. The fourth-order valence-corrected chi connectivity index (χ4v) is 2.57. The molecule has 0 aromatic heterocycles. The molecule has 0 saturated carbocycles. The number of carbonyl (C=O) groups is 1. The highest BCUT2D eigenvalue weighted by molar-refractivity contribution is 5.73. The van der Waals surface area contributed by atoms with Crippen LogP contribution in [0.5, 0.6) is 0 Å². The lowest BCUT2D eigenvalue weighted by atomic mass is 9.93. The van der Waals surface area contributed by atoms with Gasteiger partial charge in [0.2, 0.25) is 0 Å². The summed E-state index contributed by atoms with van der Waals surface area (Å²) >= 11 is 0. The molecule has 1 aromatic rings. The van der Waals surface area contributed by atoms with Gasteiger partial charge in [-0.2, -0.15) is 0 Å². The Morgan fingerprint density at radius 2 is 1.94 bits per heavy atom.